The van der Waals surface area contributed by atoms with E-state index in [0.717, 1.165) is 10.8 Å². The topological polar surface area (TPSA) is 59.4 Å². The van der Waals surface area contributed by atoms with E-state index in [1.807, 2.05) is 42.5 Å². The van der Waals surface area contributed by atoms with Gasteiger partial charge in [-0.3, -0.25) is 4.79 Å². The van der Waals surface area contributed by atoms with Gasteiger partial charge in [-0.25, -0.2) is 4.98 Å². The molecule has 29 heavy (non-hydrogen) atoms. The summed E-state index contributed by atoms with van der Waals surface area (Å²) in [6, 6.07) is 25.2. The number of aromatic nitrogens is 1. The third-order valence-electron chi connectivity index (χ3n) is 3.89. The maximum absolute atomic E-state index is 10.0. The molecule has 0 aliphatic rings. The Morgan fingerprint density at radius 2 is 1.69 bits per heavy atom. The molecule has 1 N–H and O–H groups in total. The molecular formula is C24H20IrNO3-. The smallest absolute Gasteiger partial charge is 0.224 e. The largest absolute Gasteiger partial charge is 0.512 e. The molecule has 0 aliphatic heterocycles. The molecule has 4 nitrogen and oxygen atoms in total. The van der Waals surface area contributed by atoms with Crippen LogP contribution >= 0.6 is 0 Å². The summed E-state index contributed by atoms with van der Waals surface area (Å²) in [5, 5.41) is 12.9. The number of fused-ring (bicyclic) bond motifs is 2. The zero-order valence-corrected chi connectivity index (χ0v) is 18.4. The number of para-hydroxylation sites is 1. The molecule has 0 amide bonds. The van der Waals surface area contributed by atoms with Crippen LogP contribution < -0.4 is 4.74 Å². The van der Waals surface area contributed by atoms with Crippen molar-refractivity contribution in [2.45, 2.75) is 13.8 Å². The molecule has 0 bridgehead atoms. The van der Waals surface area contributed by atoms with Gasteiger partial charge in [0, 0.05) is 43.5 Å². The predicted molar refractivity (Wildman–Crippen MR) is 112 cm³/mol. The number of aliphatic hydroxyl groups is 1. The average Bonchev–Trinajstić information content (AvgIpc) is 2.67. The molecule has 149 valence electrons. The van der Waals surface area contributed by atoms with Crippen LogP contribution in [0.4, 0.5) is 0 Å². The molecule has 5 heteroatoms. The maximum Gasteiger partial charge on any atom is 0.224 e. The Kier molecular flexibility index (Phi) is 8.08. The van der Waals surface area contributed by atoms with E-state index in [0.29, 0.717) is 11.6 Å². The van der Waals surface area contributed by atoms with Crippen molar-refractivity contribution in [1.82, 2.24) is 4.98 Å². The van der Waals surface area contributed by atoms with Crippen molar-refractivity contribution < 1.29 is 34.7 Å². The van der Waals surface area contributed by atoms with Crippen LogP contribution in [0, 0.1) is 6.07 Å². The van der Waals surface area contributed by atoms with Crippen LogP contribution in [0.3, 0.4) is 0 Å². The number of hydrogen-bond acceptors (Lipinski definition) is 4. The first-order valence-electron chi connectivity index (χ1n) is 8.83. The third kappa shape index (κ3) is 6.24. The van der Waals surface area contributed by atoms with E-state index in [2.05, 4.69) is 35.3 Å². The molecule has 4 rings (SSSR count). The Balaban J connectivity index is 0.000000327. The van der Waals surface area contributed by atoms with Crippen LogP contribution in [0.1, 0.15) is 13.8 Å². The van der Waals surface area contributed by atoms with E-state index in [-0.39, 0.29) is 31.6 Å². The zero-order chi connectivity index (χ0) is 19.9. The summed E-state index contributed by atoms with van der Waals surface area (Å²) in [5.74, 6) is 1.22. The van der Waals surface area contributed by atoms with Crippen LogP contribution in [0.5, 0.6) is 11.6 Å². The molecule has 0 saturated carbocycles. The van der Waals surface area contributed by atoms with Gasteiger partial charge >= 0.3 is 0 Å². The van der Waals surface area contributed by atoms with Crippen molar-refractivity contribution in [2.75, 3.05) is 0 Å². The molecule has 4 aromatic rings. The van der Waals surface area contributed by atoms with Gasteiger partial charge in [0.2, 0.25) is 5.88 Å². The van der Waals surface area contributed by atoms with Crippen molar-refractivity contribution in [3.05, 3.63) is 90.8 Å². The minimum atomic E-state index is -0.125. The van der Waals surface area contributed by atoms with Gasteiger partial charge in [0.1, 0.15) is 0 Å². The van der Waals surface area contributed by atoms with Crippen LogP contribution in [-0.4, -0.2) is 15.9 Å². The normalized spacial score (nSPS) is 10.6. The average molecular weight is 563 g/mol. The number of benzene rings is 3. The number of allylic oxidation sites excluding steroid dienone is 2. The molecule has 0 atom stereocenters. The number of rotatable bonds is 3. The number of carbonyl (C=O) groups is 1. The fraction of sp³-hybridized carbons (Fsp3) is 0.0833. The molecule has 3 aromatic carbocycles. The van der Waals surface area contributed by atoms with Crippen molar-refractivity contribution in [3.63, 3.8) is 0 Å². The number of ether oxygens (including phenoxy) is 1. The third-order valence-corrected chi connectivity index (χ3v) is 3.89. The van der Waals surface area contributed by atoms with Crippen molar-refractivity contribution in [3.8, 4) is 11.6 Å². The standard InChI is InChI=1S/C19H12NO.C5H8O2.Ir/c1-2-8-17(9-3-1)21-19-18-13-15-7-5-4-6-14(15)12-16(18)10-11-20-19;1-4(6)3-5(2)7;/h1-8,10-13H;3,6H,1-2H3;/q-1;;/b;4-3-;. The monoisotopic (exact) mass is 563 g/mol. The summed E-state index contributed by atoms with van der Waals surface area (Å²) < 4.78 is 5.87. The summed E-state index contributed by atoms with van der Waals surface area (Å²) in [5.41, 5.74) is 0. The van der Waals surface area contributed by atoms with Gasteiger partial charge in [-0.05, 0) is 48.2 Å². The van der Waals surface area contributed by atoms with Gasteiger partial charge in [0.05, 0.1) is 5.76 Å². The van der Waals surface area contributed by atoms with E-state index >= 15 is 0 Å². The molecule has 0 saturated heterocycles. The number of pyridine rings is 1. The Morgan fingerprint density at radius 3 is 2.28 bits per heavy atom. The Hall–Kier alpha value is -3.01. The van der Waals surface area contributed by atoms with E-state index in [4.69, 9.17) is 9.84 Å². The SMILES string of the molecule is CC(=O)/C=C(/C)O.[Ir].[c-]1ccccc1Oc1nccc2cc3ccccc3cc12. The van der Waals surface area contributed by atoms with Gasteiger partial charge in [-0.15, -0.1) is 12.1 Å². The second kappa shape index (κ2) is 10.5. The number of aliphatic hydroxyl groups excluding tert-OH is 1. The molecule has 1 aromatic heterocycles. The minimum Gasteiger partial charge on any atom is -0.512 e. The van der Waals surface area contributed by atoms with Gasteiger partial charge in [-0.2, -0.15) is 18.2 Å². The summed E-state index contributed by atoms with van der Waals surface area (Å²) in [4.78, 5) is 14.4. The zero-order valence-electron chi connectivity index (χ0n) is 16.0. The van der Waals surface area contributed by atoms with Gasteiger partial charge in [0.15, 0.2) is 5.78 Å². The van der Waals surface area contributed by atoms with E-state index < -0.39 is 0 Å². The minimum absolute atomic E-state index is 0. The molecule has 1 heterocycles. The van der Waals surface area contributed by atoms with Crippen LogP contribution in [0.2, 0.25) is 0 Å². The predicted octanol–water partition coefficient (Wildman–Crippen LogP) is 6.02. The van der Waals surface area contributed by atoms with E-state index in [9.17, 15) is 4.79 Å². The first-order valence-corrected chi connectivity index (χ1v) is 8.83. The Labute approximate surface area is 183 Å². The van der Waals surface area contributed by atoms with Crippen LogP contribution in [0.15, 0.2) is 84.8 Å². The summed E-state index contributed by atoms with van der Waals surface area (Å²) in [6.07, 6.45) is 2.94. The van der Waals surface area contributed by atoms with Gasteiger partial charge < -0.3 is 9.84 Å². The maximum atomic E-state index is 10.0. The molecule has 0 spiro atoms. The molecule has 0 aliphatic carbocycles. The van der Waals surface area contributed by atoms with Gasteiger partial charge in [0.25, 0.3) is 0 Å². The Bertz CT molecular complexity index is 1140. The number of ketones is 1. The van der Waals surface area contributed by atoms with E-state index in [1.54, 1.807) is 6.20 Å². The van der Waals surface area contributed by atoms with Crippen molar-refractivity contribution in [1.29, 1.82) is 0 Å². The van der Waals surface area contributed by atoms with Gasteiger partial charge in [-0.1, -0.05) is 24.3 Å². The van der Waals surface area contributed by atoms with Crippen molar-refractivity contribution in [2.24, 2.45) is 0 Å². The second-order valence-electron chi connectivity index (χ2n) is 6.26. The van der Waals surface area contributed by atoms with Crippen molar-refractivity contribution >= 4 is 27.3 Å². The molecule has 1 radical (unpaired) electrons. The summed E-state index contributed by atoms with van der Waals surface area (Å²) >= 11 is 0. The fourth-order valence-electron chi connectivity index (χ4n) is 2.76. The second-order valence-corrected chi connectivity index (χ2v) is 6.26. The first kappa shape index (κ1) is 22.3. The molecule has 0 fully saturated rings. The molecular weight excluding hydrogens is 542 g/mol. The number of carbonyl (C=O) groups excluding carboxylic acids is 1. The Morgan fingerprint density at radius 1 is 1.00 bits per heavy atom. The van der Waals surface area contributed by atoms with Crippen LogP contribution in [-0.2, 0) is 24.9 Å². The fourth-order valence-corrected chi connectivity index (χ4v) is 2.76. The first-order chi connectivity index (χ1) is 13.5. The van der Waals surface area contributed by atoms with E-state index in [1.165, 1.54) is 30.7 Å². The number of nitrogens with zero attached hydrogens (tertiary/aromatic N) is 1. The van der Waals surface area contributed by atoms with Crippen LogP contribution in [0.25, 0.3) is 21.5 Å². The quantitative estimate of drug-likeness (QED) is 0.144. The summed E-state index contributed by atoms with van der Waals surface area (Å²) in [6.45, 7) is 2.85. The number of hydrogen-bond donors (Lipinski definition) is 1. The molecule has 0 unspecified atom stereocenters. The summed E-state index contributed by atoms with van der Waals surface area (Å²) in [7, 11) is 0.